The van der Waals surface area contributed by atoms with Gasteiger partial charge in [-0.1, -0.05) is 112 Å². The van der Waals surface area contributed by atoms with Crippen molar-refractivity contribution in [3.8, 4) is 11.5 Å². The number of aromatic hydroxyl groups is 1. The average Bonchev–Trinajstić information content (AvgIpc) is 2.67. The van der Waals surface area contributed by atoms with Gasteiger partial charge in [-0.2, -0.15) is 0 Å². The van der Waals surface area contributed by atoms with Gasteiger partial charge in [0.1, 0.15) is 11.5 Å². The third kappa shape index (κ3) is 11.8. The number of benzene rings is 2. The first-order valence-electron chi connectivity index (χ1n) is 9.06. The van der Waals surface area contributed by atoms with Gasteiger partial charge in [-0.3, -0.25) is 0 Å². The second kappa shape index (κ2) is 16.4. The molecule has 0 amide bonds. The molecule has 0 fully saturated rings. The van der Waals surface area contributed by atoms with Gasteiger partial charge in [0, 0.05) is 16.0 Å². The van der Waals surface area contributed by atoms with Gasteiger partial charge in [0.2, 0.25) is 0 Å². The van der Waals surface area contributed by atoms with E-state index in [0.29, 0.717) is 17.6 Å². The summed E-state index contributed by atoms with van der Waals surface area (Å²) in [6.45, 7) is 9.21. The predicted molar refractivity (Wildman–Crippen MR) is 130 cm³/mol. The number of phenolic OH excluding ortho intramolecular Hbond substituents is 1. The summed E-state index contributed by atoms with van der Waals surface area (Å²) in [6, 6.07) is 15.6. The molecule has 0 saturated heterocycles. The van der Waals surface area contributed by atoms with Crippen molar-refractivity contribution in [3.05, 3.63) is 59.7 Å². The van der Waals surface area contributed by atoms with Gasteiger partial charge in [0.05, 0.1) is 6.61 Å². The van der Waals surface area contributed by atoms with Crippen LogP contribution in [0.15, 0.2) is 48.5 Å². The van der Waals surface area contributed by atoms with Crippen molar-refractivity contribution in [3.63, 3.8) is 0 Å². The van der Waals surface area contributed by atoms with Crippen LogP contribution >= 0.6 is 47.8 Å². The van der Waals surface area contributed by atoms with Gasteiger partial charge in [-0.15, -0.1) is 0 Å². The Balaban J connectivity index is 0.000000428. The minimum Gasteiger partial charge on any atom is -0.508 e. The summed E-state index contributed by atoms with van der Waals surface area (Å²) in [7, 11) is 0. The van der Waals surface area contributed by atoms with E-state index in [2.05, 4.69) is 87.6 Å². The molecule has 0 atom stereocenters. The number of halogens is 3. The molecule has 0 bridgehead atoms. The lowest BCUT2D eigenvalue weighted by Gasteiger charge is -2.12. The topological polar surface area (TPSA) is 29.5 Å². The molecule has 27 heavy (non-hydrogen) atoms. The average molecular weight is 567 g/mol. The zero-order chi connectivity index (χ0) is 20.7. The highest BCUT2D eigenvalue weighted by atomic mass is 79.9. The lowest BCUT2D eigenvalue weighted by molar-refractivity contribution is 0.340. The Kier molecular flexibility index (Phi) is 16.1. The molecule has 0 heterocycles. The minimum absolute atomic E-state index is 0.400. The van der Waals surface area contributed by atoms with Crippen molar-refractivity contribution in [2.75, 3.05) is 22.6 Å². The summed E-state index contributed by atoms with van der Waals surface area (Å²) in [5.41, 5.74) is 2.30. The van der Waals surface area contributed by atoms with E-state index in [1.54, 1.807) is 6.07 Å². The normalized spacial score (nSPS) is 9.96. The summed E-state index contributed by atoms with van der Waals surface area (Å²) < 4.78 is 5.60. The second-order valence-electron chi connectivity index (χ2n) is 6.32. The third-order valence-electron chi connectivity index (χ3n) is 3.51. The highest BCUT2D eigenvalue weighted by Crippen LogP contribution is 2.25. The molecule has 0 spiro atoms. The fourth-order valence-electron chi connectivity index (χ4n) is 2.21. The summed E-state index contributed by atoms with van der Waals surface area (Å²) in [5.74, 6) is 2.34. The molecule has 0 aliphatic carbocycles. The van der Waals surface area contributed by atoms with Crippen LogP contribution in [0.1, 0.15) is 50.7 Å². The molecule has 0 aliphatic heterocycles. The third-order valence-corrected chi connectivity index (χ3v) is 5.69. The Morgan fingerprint density at radius 1 is 0.741 bits per heavy atom. The van der Waals surface area contributed by atoms with Gasteiger partial charge in [-0.05, 0) is 35.1 Å². The highest BCUT2D eigenvalue weighted by molar-refractivity contribution is 9.12. The van der Waals surface area contributed by atoms with E-state index in [9.17, 15) is 5.11 Å². The van der Waals surface area contributed by atoms with Crippen molar-refractivity contribution in [2.24, 2.45) is 0 Å². The molecule has 2 aromatic rings. The lowest BCUT2D eigenvalue weighted by Crippen LogP contribution is -2.01. The van der Waals surface area contributed by atoms with Crippen molar-refractivity contribution in [2.45, 2.75) is 39.5 Å². The number of hydrogen-bond acceptors (Lipinski definition) is 2. The summed E-state index contributed by atoms with van der Waals surface area (Å²) in [6.07, 6.45) is 0. The molecule has 2 rings (SSSR count). The van der Waals surface area contributed by atoms with Gasteiger partial charge < -0.3 is 9.84 Å². The van der Waals surface area contributed by atoms with Crippen molar-refractivity contribution >= 4 is 47.8 Å². The molecule has 152 valence electrons. The first-order chi connectivity index (χ1) is 12.9. The Bertz CT molecular complexity index is 614. The highest BCUT2D eigenvalue weighted by Gasteiger charge is 2.05. The van der Waals surface area contributed by atoms with Crippen LogP contribution in [0.2, 0.25) is 0 Å². The minimum atomic E-state index is 0.400. The van der Waals surface area contributed by atoms with E-state index in [0.717, 1.165) is 33.9 Å². The quantitative estimate of drug-likeness (QED) is 0.360. The Hall–Kier alpha value is -0.520. The molecular formula is C22H31Br3O2. The Morgan fingerprint density at radius 2 is 1.22 bits per heavy atom. The van der Waals surface area contributed by atoms with E-state index in [-0.39, 0.29) is 0 Å². The fourth-order valence-corrected chi connectivity index (χ4v) is 2.38. The zero-order valence-electron chi connectivity index (χ0n) is 16.6. The number of hydrogen-bond donors (Lipinski definition) is 1. The predicted octanol–water partition coefficient (Wildman–Crippen LogP) is 7.88. The maximum absolute atomic E-state index is 9.28. The van der Waals surface area contributed by atoms with Gasteiger partial charge in [-0.25, -0.2) is 0 Å². The summed E-state index contributed by atoms with van der Waals surface area (Å²) in [4.78, 5) is 0. The second-order valence-corrected chi connectivity index (χ2v) is 8.70. The maximum atomic E-state index is 9.28. The Labute approximate surface area is 190 Å². The molecule has 2 nitrogen and oxygen atoms in total. The monoisotopic (exact) mass is 564 g/mol. The molecule has 0 saturated carbocycles. The number of phenols is 1. The smallest absolute Gasteiger partial charge is 0.122 e. The molecule has 0 aromatic heterocycles. The SMILES string of the molecule is BrCCBr.CC(C)c1ccccc1O.CC(C)c1ccccc1OCCBr. The van der Waals surface area contributed by atoms with E-state index in [1.807, 2.05) is 30.3 Å². The van der Waals surface area contributed by atoms with Gasteiger partial charge in [0.15, 0.2) is 0 Å². The fraction of sp³-hybridized carbons (Fsp3) is 0.455. The molecule has 2 aromatic carbocycles. The van der Waals surface area contributed by atoms with Crippen LogP contribution in [0.4, 0.5) is 0 Å². The van der Waals surface area contributed by atoms with Gasteiger partial charge in [0.25, 0.3) is 0 Å². The first kappa shape index (κ1) is 26.5. The molecule has 0 unspecified atom stereocenters. The zero-order valence-corrected chi connectivity index (χ0v) is 21.3. The van der Waals surface area contributed by atoms with Crippen molar-refractivity contribution < 1.29 is 9.84 Å². The van der Waals surface area contributed by atoms with Crippen LogP contribution in [0.3, 0.4) is 0 Å². The van der Waals surface area contributed by atoms with E-state index in [1.165, 1.54) is 5.56 Å². The van der Waals surface area contributed by atoms with Crippen LogP contribution in [-0.4, -0.2) is 27.7 Å². The standard InChI is InChI=1S/C11H15BrO.C9H12O.C2H4Br2/c1-9(2)10-5-3-4-6-11(10)13-8-7-12;1-7(2)8-5-3-4-6-9(8)10;3-1-2-4/h3-6,9H,7-8H2,1-2H3;3-7,10H,1-2H3;1-2H2. The molecule has 0 aliphatic rings. The van der Waals surface area contributed by atoms with Crippen LogP contribution in [-0.2, 0) is 0 Å². The van der Waals surface area contributed by atoms with Crippen molar-refractivity contribution in [1.82, 2.24) is 0 Å². The van der Waals surface area contributed by atoms with Crippen LogP contribution < -0.4 is 4.74 Å². The Morgan fingerprint density at radius 3 is 1.63 bits per heavy atom. The van der Waals surface area contributed by atoms with E-state index >= 15 is 0 Å². The summed E-state index contributed by atoms with van der Waals surface area (Å²) in [5, 5.41) is 12.3. The van der Waals surface area contributed by atoms with Crippen LogP contribution in [0.5, 0.6) is 11.5 Å². The van der Waals surface area contributed by atoms with E-state index in [4.69, 9.17) is 4.74 Å². The number of alkyl halides is 3. The number of ether oxygens (including phenoxy) is 1. The molecule has 5 heteroatoms. The van der Waals surface area contributed by atoms with E-state index < -0.39 is 0 Å². The molecular weight excluding hydrogens is 536 g/mol. The lowest BCUT2D eigenvalue weighted by atomic mass is 10.0. The van der Waals surface area contributed by atoms with Crippen molar-refractivity contribution in [1.29, 1.82) is 0 Å². The number of para-hydroxylation sites is 2. The van der Waals surface area contributed by atoms with Crippen LogP contribution in [0.25, 0.3) is 0 Å². The summed E-state index contributed by atoms with van der Waals surface area (Å²) >= 11 is 9.75. The van der Waals surface area contributed by atoms with Crippen LogP contribution in [0, 0.1) is 0 Å². The molecule has 1 N–H and O–H groups in total. The molecule has 0 radical (unpaired) electrons. The number of rotatable bonds is 6. The van der Waals surface area contributed by atoms with Gasteiger partial charge >= 0.3 is 0 Å². The largest absolute Gasteiger partial charge is 0.508 e. The maximum Gasteiger partial charge on any atom is 0.122 e. The first-order valence-corrected chi connectivity index (χ1v) is 12.4.